The van der Waals surface area contributed by atoms with Crippen LogP contribution in [0, 0.1) is 0 Å². The van der Waals surface area contributed by atoms with Crippen molar-refractivity contribution in [3.63, 3.8) is 0 Å². The normalized spacial score (nSPS) is 12.1. The molecule has 2 heteroatoms. The molecule has 0 fully saturated rings. The van der Waals surface area contributed by atoms with Crippen molar-refractivity contribution in [2.24, 2.45) is 0 Å². The van der Waals surface area contributed by atoms with Gasteiger partial charge in [0.05, 0.1) is 5.56 Å². The van der Waals surface area contributed by atoms with Crippen LogP contribution in [0.5, 0.6) is 0 Å². The van der Waals surface area contributed by atoms with E-state index < -0.39 is 5.97 Å². The Balaban J connectivity index is 2.26. The van der Waals surface area contributed by atoms with Crippen molar-refractivity contribution >= 4 is 5.97 Å². The molecule has 0 bridgehead atoms. The van der Waals surface area contributed by atoms with E-state index in [1.165, 1.54) is 5.56 Å². The summed E-state index contributed by atoms with van der Waals surface area (Å²) in [6, 6.07) is 17.2. The molecular formula is C15H14O2. The van der Waals surface area contributed by atoms with Gasteiger partial charge in [0.1, 0.15) is 0 Å². The highest BCUT2D eigenvalue weighted by molar-refractivity contribution is 5.87. The number of carboxylic acids is 1. The number of aromatic carboxylic acids is 1. The van der Waals surface area contributed by atoms with Gasteiger partial charge in [-0.1, -0.05) is 49.4 Å². The van der Waals surface area contributed by atoms with Gasteiger partial charge >= 0.3 is 5.97 Å². The van der Waals surface area contributed by atoms with Crippen LogP contribution in [-0.2, 0) is 0 Å². The minimum Gasteiger partial charge on any atom is -0.478 e. The van der Waals surface area contributed by atoms with Crippen molar-refractivity contribution in [1.82, 2.24) is 0 Å². The van der Waals surface area contributed by atoms with Gasteiger partial charge in [-0.05, 0) is 23.3 Å². The summed E-state index contributed by atoms with van der Waals surface area (Å²) in [7, 11) is 0. The van der Waals surface area contributed by atoms with Crippen molar-refractivity contribution in [3.8, 4) is 0 Å². The Morgan fingerprint density at radius 1 is 0.941 bits per heavy atom. The molecule has 0 saturated heterocycles. The highest BCUT2D eigenvalue weighted by atomic mass is 16.4. The van der Waals surface area contributed by atoms with E-state index in [0.29, 0.717) is 5.56 Å². The summed E-state index contributed by atoms with van der Waals surface area (Å²) in [4.78, 5) is 10.8. The predicted octanol–water partition coefficient (Wildman–Crippen LogP) is 3.54. The minimum absolute atomic E-state index is 0.277. The van der Waals surface area contributed by atoms with E-state index in [4.69, 9.17) is 5.11 Å². The van der Waals surface area contributed by atoms with Crippen LogP contribution in [0.3, 0.4) is 0 Å². The number of carboxylic acid groups (broad SMARTS) is 1. The largest absolute Gasteiger partial charge is 0.478 e. The molecule has 0 amide bonds. The Bertz CT molecular complexity index is 500. The molecular weight excluding hydrogens is 212 g/mol. The third kappa shape index (κ3) is 2.53. The lowest BCUT2D eigenvalue weighted by molar-refractivity contribution is 0.0697. The first-order valence-corrected chi connectivity index (χ1v) is 5.56. The summed E-state index contributed by atoms with van der Waals surface area (Å²) in [6.45, 7) is 2.12. The van der Waals surface area contributed by atoms with E-state index in [1.54, 1.807) is 12.1 Å². The average molecular weight is 226 g/mol. The van der Waals surface area contributed by atoms with E-state index in [2.05, 4.69) is 19.1 Å². The van der Waals surface area contributed by atoms with Crippen molar-refractivity contribution in [1.29, 1.82) is 0 Å². The zero-order valence-electron chi connectivity index (χ0n) is 9.63. The topological polar surface area (TPSA) is 37.3 Å². The summed E-state index contributed by atoms with van der Waals surface area (Å²) >= 11 is 0. The SMILES string of the molecule is C[C@H](c1ccccc1)c1ccc(C(=O)O)cc1. The quantitative estimate of drug-likeness (QED) is 0.869. The van der Waals surface area contributed by atoms with Gasteiger partial charge in [0.2, 0.25) is 0 Å². The molecule has 2 rings (SSSR count). The first kappa shape index (κ1) is 11.4. The molecule has 17 heavy (non-hydrogen) atoms. The van der Waals surface area contributed by atoms with E-state index in [-0.39, 0.29) is 5.92 Å². The van der Waals surface area contributed by atoms with Crippen LogP contribution < -0.4 is 0 Å². The smallest absolute Gasteiger partial charge is 0.335 e. The Hall–Kier alpha value is -2.09. The fourth-order valence-electron chi connectivity index (χ4n) is 1.85. The molecule has 0 aromatic heterocycles. The molecule has 0 aliphatic carbocycles. The number of benzene rings is 2. The Kier molecular flexibility index (Phi) is 3.24. The standard InChI is InChI=1S/C15H14O2/c1-11(12-5-3-2-4-6-12)13-7-9-14(10-8-13)15(16)17/h2-11H,1H3,(H,16,17)/t11-/m1/s1. The maximum absolute atomic E-state index is 10.8. The van der Waals surface area contributed by atoms with Crippen molar-refractivity contribution in [2.75, 3.05) is 0 Å². The summed E-state index contributed by atoms with van der Waals surface area (Å²) in [6.07, 6.45) is 0. The minimum atomic E-state index is -0.885. The predicted molar refractivity (Wildman–Crippen MR) is 67.4 cm³/mol. The second kappa shape index (κ2) is 4.83. The van der Waals surface area contributed by atoms with Crippen molar-refractivity contribution < 1.29 is 9.90 Å². The Morgan fingerprint density at radius 3 is 2.00 bits per heavy atom. The maximum Gasteiger partial charge on any atom is 0.335 e. The summed E-state index contributed by atoms with van der Waals surface area (Å²) in [5.41, 5.74) is 2.69. The highest BCUT2D eigenvalue weighted by Crippen LogP contribution is 2.23. The first-order chi connectivity index (χ1) is 8.18. The third-order valence-electron chi connectivity index (χ3n) is 2.96. The zero-order chi connectivity index (χ0) is 12.3. The summed E-state index contributed by atoms with van der Waals surface area (Å²) in [5, 5.41) is 8.83. The van der Waals surface area contributed by atoms with Gasteiger partial charge in [-0.2, -0.15) is 0 Å². The van der Waals surface area contributed by atoms with E-state index in [0.717, 1.165) is 5.56 Å². The highest BCUT2D eigenvalue weighted by Gasteiger charge is 2.09. The molecule has 1 N–H and O–H groups in total. The second-order valence-electron chi connectivity index (χ2n) is 4.06. The first-order valence-electron chi connectivity index (χ1n) is 5.56. The van der Waals surface area contributed by atoms with Gasteiger partial charge in [0.25, 0.3) is 0 Å². The second-order valence-corrected chi connectivity index (χ2v) is 4.06. The lowest BCUT2D eigenvalue weighted by atomic mass is 9.93. The summed E-state index contributed by atoms with van der Waals surface area (Å²) in [5.74, 6) is -0.608. The van der Waals surface area contributed by atoms with Crippen LogP contribution in [0.2, 0.25) is 0 Å². The molecule has 2 aromatic carbocycles. The van der Waals surface area contributed by atoms with Crippen molar-refractivity contribution in [2.45, 2.75) is 12.8 Å². The maximum atomic E-state index is 10.8. The fourth-order valence-corrected chi connectivity index (χ4v) is 1.85. The van der Waals surface area contributed by atoms with E-state index >= 15 is 0 Å². The van der Waals surface area contributed by atoms with Crippen LogP contribution >= 0.6 is 0 Å². The van der Waals surface area contributed by atoms with Crippen LogP contribution in [0.1, 0.15) is 34.3 Å². The summed E-state index contributed by atoms with van der Waals surface area (Å²) < 4.78 is 0. The molecule has 2 nitrogen and oxygen atoms in total. The van der Waals surface area contributed by atoms with Gasteiger partial charge in [-0.15, -0.1) is 0 Å². The molecule has 0 unspecified atom stereocenters. The Morgan fingerprint density at radius 2 is 1.47 bits per heavy atom. The number of rotatable bonds is 3. The van der Waals surface area contributed by atoms with Gasteiger partial charge < -0.3 is 5.11 Å². The molecule has 0 saturated carbocycles. The molecule has 86 valence electrons. The average Bonchev–Trinajstić information content (AvgIpc) is 2.39. The lowest BCUT2D eigenvalue weighted by Crippen LogP contribution is -1.99. The third-order valence-corrected chi connectivity index (χ3v) is 2.96. The van der Waals surface area contributed by atoms with Gasteiger partial charge in [0, 0.05) is 5.92 Å². The molecule has 1 atom stereocenters. The van der Waals surface area contributed by atoms with E-state index in [9.17, 15) is 4.79 Å². The lowest BCUT2D eigenvalue weighted by Gasteiger charge is -2.12. The molecule has 0 spiro atoms. The molecule has 0 radical (unpaired) electrons. The number of hydrogen-bond donors (Lipinski definition) is 1. The van der Waals surface area contributed by atoms with Gasteiger partial charge in [-0.25, -0.2) is 4.79 Å². The molecule has 0 aliphatic heterocycles. The van der Waals surface area contributed by atoms with Crippen LogP contribution in [-0.4, -0.2) is 11.1 Å². The van der Waals surface area contributed by atoms with Crippen molar-refractivity contribution in [3.05, 3.63) is 71.3 Å². The molecule has 0 heterocycles. The van der Waals surface area contributed by atoms with Crippen LogP contribution in [0.25, 0.3) is 0 Å². The monoisotopic (exact) mass is 226 g/mol. The number of hydrogen-bond acceptors (Lipinski definition) is 1. The van der Waals surface area contributed by atoms with Gasteiger partial charge in [-0.3, -0.25) is 0 Å². The van der Waals surface area contributed by atoms with Gasteiger partial charge in [0.15, 0.2) is 0 Å². The Labute approximate surface area is 101 Å². The number of carbonyl (C=O) groups is 1. The van der Waals surface area contributed by atoms with E-state index in [1.807, 2.05) is 30.3 Å². The molecule has 0 aliphatic rings. The van der Waals surface area contributed by atoms with Crippen LogP contribution in [0.15, 0.2) is 54.6 Å². The molecule has 2 aromatic rings. The zero-order valence-corrected chi connectivity index (χ0v) is 9.63. The fraction of sp³-hybridized carbons (Fsp3) is 0.133. The van der Waals surface area contributed by atoms with Crippen LogP contribution in [0.4, 0.5) is 0 Å².